The maximum absolute atomic E-state index is 10.4. The quantitative estimate of drug-likeness (QED) is 0.517. The van der Waals surface area contributed by atoms with Crippen molar-refractivity contribution in [1.29, 1.82) is 0 Å². The zero-order chi connectivity index (χ0) is 19.8. The van der Waals surface area contributed by atoms with E-state index in [2.05, 4.69) is 46.5 Å². The predicted molar refractivity (Wildman–Crippen MR) is 114 cm³/mol. The first-order valence-electron chi connectivity index (χ1n) is 10.9. The highest BCUT2D eigenvalue weighted by Gasteiger charge is 2.35. The van der Waals surface area contributed by atoms with Crippen molar-refractivity contribution in [1.82, 2.24) is 20.5 Å². The molecule has 2 aliphatic rings. The Morgan fingerprint density at radius 1 is 1.29 bits per heavy atom. The largest absolute Gasteiger partial charge is 0.392 e. The minimum Gasteiger partial charge on any atom is -0.392 e. The minimum atomic E-state index is -0.234. The summed E-state index contributed by atoms with van der Waals surface area (Å²) in [6.45, 7) is 8.89. The minimum absolute atomic E-state index is 0.0906. The van der Waals surface area contributed by atoms with Crippen LogP contribution in [0, 0.1) is 5.41 Å². The van der Waals surface area contributed by atoms with Crippen LogP contribution in [0.4, 0.5) is 0 Å². The molecule has 2 heterocycles. The molecule has 6 nitrogen and oxygen atoms in total. The predicted octanol–water partition coefficient (Wildman–Crippen LogP) is 2.54. The van der Waals surface area contributed by atoms with Crippen LogP contribution in [0.2, 0.25) is 0 Å². The van der Waals surface area contributed by atoms with Gasteiger partial charge in [-0.3, -0.25) is 14.9 Å². The van der Waals surface area contributed by atoms with E-state index < -0.39 is 0 Å². The van der Waals surface area contributed by atoms with E-state index in [4.69, 9.17) is 4.99 Å². The van der Waals surface area contributed by atoms with Crippen LogP contribution in [-0.2, 0) is 6.54 Å². The number of hydrogen-bond donors (Lipinski definition) is 3. The first kappa shape index (κ1) is 21.1. The van der Waals surface area contributed by atoms with Crippen molar-refractivity contribution < 1.29 is 5.11 Å². The summed E-state index contributed by atoms with van der Waals surface area (Å²) in [5.41, 5.74) is 1.05. The number of hydrogen-bond acceptors (Lipinski definition) is 4. The highest BCUT2D eigenvalue weighted by molar-refractivity contribution is 5.80. The van der Waals surface area contributed by atoms with Gasteiger partial charge in [-0.05, 0) is 44.7 Å². The van der Waals surface area contributed by atoms with E-state index in [0.29, 0.717) is 12.6 Å². The monoisotopic (exact) mass is 387 g/mol. The van der Waals surface area contributed by atoms with Gasteiger partial charge in [-0.25, -0.2) is 0 Å². The molecule has 0 amide bonds. The number of nitrogens with one attached hydrogen (secondary N) is 2. The van der Waals surface area contributed by atoms with E-state index in [1.807, 2.05) is 12.3 Å². The second-order valence-corrected chi connectivity index (χ2v) is 8.63. The van der Waals surface area contributed by atoms with Gasteiger partial charge in [-0.1, -0.05) is 25.8 Å². The van der Waals surface area contributed by atoms with Crippen LogP contribution >= 0.6 is 0 Å². The maximum atomic E-state index is 10.4. The third-order valence-corrected chi connectivity index (χ3v) is 6.26. The second kappa shape index (κ2) is 10.2. The maximum Gasteiger partial charge on any atom is 0.191 e. The number of aliphatic hydroxyl groups excluding tert-OH is 1. The van der Waals surface area contributed by atoms with E-state index in [1.54, 1.807) is 0 Å². The summed E-state index contributed by atoms with van der Waals surface area (Å²) in [6, 6.07) is 6.57. The molecule has 6 heteroatoms. The normalized spacial score (nSPS) is 27.5. The van der Waals surface area contributed by atoms with Gasteiger partial charge < -0.3 is 15.7 Å². The van der Waals surface area contributed by atoms with Crippen molar-refractivity contribution >= 4 is 5.96 Å². The van der Waals surface area contributed by atoms with Crippen LogP contribution in [0.15, 0.2) is 29.4 Å². The first-order valence-corrected chi connectivity index (χ1v) is 10.9. The molecule has 1 aromatic rings. The highest BCUT2D eigenvalue weighted by Crippen LogP contribution is 2.36. The van der Waals surface area contributed by atoms with Crippen LogP contribution in [0.3, 0.4) is 0 Å². The van der Waals surface area contributed by atoms with Crippen LogP contribution in [-0.4, -0.2) is 59.3 Å². The Morgan fingerprint density at radius 3 is 2.79 bits per heavy atom. The van der Waals surface area contributed by atoms with Crippen LogP contribution in [0.25, 0.3) is 0 Å². The Labute approximate surface area is 169 Å². The molecule has 0 spiro atoms. The van der Waals surface area contributed by atoms with Gasteiger partial charge in [0.1, 0.15) is 0 Å². The zero-order valence-electron chi connectivity index (χ0n) is 17.5. The Kier molecular flexibility index (Phi) is 7.68. The molecule has 1 aromatic heterocycles. The molecular formula is C22H37N5O. The highest BCUT2D eigenvalue weighted by atomic mass is 16.3. The molecular weight excluding hydrogens is 350 g/mol. The lowest BCUT2D eigenvalue weighted by Gasteiger charge is -2.37. The van der Waals surface area contributed by atoms with Gasteiger partial charge in [0.15, 0.2) is 5.96 Å². The fourth-order valence-corrected chi connectivity index (χ4v) is 4.30. The molecule has 156 valence electrons. The summed E-state index contributed by atoms with van der Waals surface area (Å²) in [5.74, 6) is 0.893. The van der Waals surface area contributed by atoms with E-state index in [9.17, 15) is 5.11 Å². The number of likely N-dealkylation sites (tertiary alicyclic amines) is 1. The number of aromatic nitrogens is 1. The lowest BCUT2D eigenvalue weighted by Crippen LogP contribution is -2.49. The molecule has 1 aliphatic heterocycles. The molecule has 0 radical (unpaired) electrons. The number of pyridine rings is 1. The molecule has 1 saturated heterocycles. The molecule has 28 heavy (non-hydrogen) atoms. The number of guanidine groups is 1. The van der Waals surface area contributed by atoms with Gasteiger partial charge in [0.2, 0.25) is 0 Å². The van der Waals surface area contributed by atoms with Crippen molar-refractivity contribution in [3.63, 3.8) is 0 Å². The fraction of sp³-hybridized carbons (Fsp3) is 0.727. The van der Waals surface area contributed by atoms with Gasteiger partial charge in [0, 0.05) is 43.8 Å². The molecule has 3 rings (SSSR count). The summed E-state index contributed by atoms with van der Waals surface area (Å²) in [7, 11) is 0. The summed E-state index contributed by atoms with van der Waals surface area (Å²) >= 11 is 0. The Bertz CT molecular complexity index is 615. The standard InChI is InChI=1S/C22H37N5O/c1-3-23-21(25-17-22(2)12-6-4-9-20(22)28)26-18-10-14-27(15-11-18)16-19-8-5-7-13-24-19/h5,7-8,13,18,20,28H,3-4,6,9-12,14-17H2,1-2H3,(H2,23,25,26). The van der Waals surface area contributed by atoms with Crippen LogP contribution in [0.1, 0.15) is 58.1 Å². The molecule has 3 N–H and O–H groups in total. The molecule has 2 fully saturated rings. The number of nitrogens with zero attached hydrogens (tertiary/aromatic N) is 3. The zero-order valence-corrected chi connectivity index (χ0v) is 17.5. The average Bonchev–Trinajstić information content (AvgIpc) is 2.71. The van der Waals surface area contributed by atoms with Crippen LogP contribution < -0.4 is 10.6 Å². The summed E-state index contributed by atoms with van der Waals surface area (Å²) in [6.07, 6.45) is 8.15. The van der Waals surface area contributed by atoms with Gasteiger partial charge in [-0.2, -0.15) is 0 Å². The van der Waals surface area contributed by atoms with E-state index in [-0.39, 0.29) is 11.5 Å². The molecule has 2 atom stereocenters. The van der Waals surface area contributed by atoms with E-state index >= 15 is 0 Å². The fourth-order valence-electron chi connectivity index (χ4n) is 4.30. The van der Waals surface area contributed by atoms with Crippen LogP contribution in [0.5, 0.6) is 0 Å². The molecule has 1 aliphatic carbocycles. The van der Waals surface area contributed by atoms with Crippen molar-refractivity contribution in [2.24, 2.45) is 10.4 Å². The Hall–Kier alpha value is -1.66. The number of aliphatic hydroxyl groups is 1. The first-order chi connectivity index (χ1) is 13.6. The molecule has 2 unspecified atom stereocenters. The number of piperidine rings is 1. The van der Waals surface area contributed by atoms with Gasteiger partial charge in [0.25, 0.3) is 0 Å². The molecule has 0 aromatic carbocycles. The Balaban J connectivity index is 1.49. The molecule has 0 bridgehead atoms. The van der Waals surface area contributed by atoms with Crippen molar-refractivity contribution in [2.45, 2.75) is 71.1 Å². The SMILES string of the molecule is CCNC(=NCC1(C)CCCCC1O)NC1CCN(Cc2ccccn2)CC1. The third-order valence-electron chi connectivity index (χ3n) is 6.26. The van der Waals surface area contributed by atoms with E-state index in [1.165, 1.54) is 6.42 Å². The van der Waals surface area contributed by atoms with Gasteiger partial charge in [-0.15, -0.1) is 0 Å². The number of rotatable bonds is 6. The average molecular weight is 388 g/mol. The van der Waals surface area contributed by atoms with Crippen molar-refractivity contribution in [3.05, 3.63) is 30.1 Å². The summed E-state index contributed by atoms with van der Waals surface area (Å²) in [5, 5.41) is 17.4. The third kappa shape index (κ3) is 5.92. The Morgan fingerprint density at radius 2 is 2.11 bits per heavy atom. The smallest absolute Gasteiger partial charge is 0.191 e. The number of aliphatic imine (C=N–C) groups is 1. The van der Waals surface area contributed by atoms with Gasteiger partial charge >= 0.3 is 0 Å². The van der Waals surface area contributed by atoms with E-state index in [0.717, 1.165) is 69.9 Å². The lowest BCUT2D eigenvalue weighted by atomic mass is 9.73. The molecule has 1 saturated carbocycles. The van der Waals surface area contributed by atoms with Crippen molar-refractivity contribution in [2.75, 3.05) is 26.2 Å². The lowest BCUT2D eigenvalue weighted by molar-refractivity contribution is 0.00715. The summed E-state index contributed by atoms with van der Waals surface area (Å²) < 4.78 is 0. The van der Waals surface area contributed by atoms with Gasteiger partial charge in [0.05, 0.1) is 18.3 Å². The summed E-state index contributed by atoms with van der Waals surface area (Å²) in [4.78, 5) is 11.8. The van der Waals surface area contributed by atoms with Crippen molar-refractivity contribution in [3.8, 4) is 0 Å². The second-order valence-electron chi connectivity index (χ2n) is 8.63. The topological polar surface area (TPSA) is 72.8 Å².